The number of benzene rings is 3. The highest BCUT2D eigenvalue weighted by Crippen LogP contribution is 2.18. The lowest BCUT2D eigenvalue weighted by atomic mass is 10.1. The monoisotopic (exact) mass is 481 g/mol. The van der Waals surface area contributed by atoms with Crippen LogP contribution in [0.25, 0.3) is 0 Å². The SMILES string of the molecule is CN(C)C(=O)COc1ccccc1C(=O)NNC(=O)c1ccc(COc2ccc(Cl)cc2)cc1. The molecule has 0 atom stereocenters. The number of hydrogen-bond acceptors (Lipinski definition) is 5. The summed E-state index contributed by atoms with van der Waals surface area (Å²) in [6, 6.07) is 20.3. The quantitative estimate of drug-likeness (QED) is 0.480. The minimum atomic E-state index is -0.575. The molecule has 0 heterocycles. The van der Waals surface area contributed by atoms with Crippen molar-refractivity contribution in [1.82, 2.24) is 15.8 Å². The van der Waals surface area contributed by atoms with Crippen molar-refractivity contribution >= 4 is 29.3 Å². The Hall–Kier alpha value is -4.04. The highest BCUT2D eigenvalue weighted by molar-refractivity contribution is 6.30. The summed E-state index contributed by atoms with van der Waals surface area (Å²) in [5.74, 6) is -0.391. The van der Waals surface area contributed by atoms with Crippen molar-refractivity contribution in [1.29, 1.82) is 0 Å². The molecule has 0 radical (unpaired) electrons. The summed E-state index contributed by atoms with van der Waals surface area (Å²) >= 11 is 5.86. The van der Waals surface area contributed by atoms with Gasteiger partial charge in [-0.3, -0.25) is 25.2 Å². The van der Waals surface area contributed by atoms with Gasteiger partial charge in [0, 0.05) is 24.7 Å². The molecule has 0 spiro atoms. The Morgan fingerprint density at radius 2 is 1.47 bits per heavy atom. The first-order chi connectivity index (χ1) is 16.3. The number of halogens is 1. The molecule has 3 aromatic rings. The Kier molecular flexibility index (Phi) is 8.48. The number of hydrogen-bond donors (Lipinski definition) is 2. The van der Waals surface area contributed by atoms with Crippen LogP contribution in [-0.4, -0.2) is 43.3 Å². The Morgan fingerprint density at radius 3 is 2.15 bits per heavy atom. The van der Waals surface area contributed by atoms with E-state index in [0.29, 0.717) is 22.9 Å². The van der Waals surface area contributed by atoms with Gasteiger partial charge in [-0.25, -0.2) is 0 Å². The fraction of sp³-hybridized carbons (Fsp3) is 0.160. The lowest BCUT2D eigenvalue weighted by molar-refractivity contribution is -0.130. The zero-order chi connectivity index (χ0) is 24.5. The summed E-state index contributed by atoms with van der Waals surface area (Å²) < 4.78 is 11.1. The first-order valence-corrected chi connectivity index (χ1v) is 10.7. The third kappa shape index (κ3) is 6.98. The van der Waals surface area contributed by atoms with Crippen LogP contribution in [0.5, 0.6) is 11.5 Å². The zero-order valence-corrected chi connectivity index (χ0v) is 19.5. The van der Waals surface area contributed by atoms with Gasteiger partial charge in [0.15, 0.2) is 6.61 Å². The number of hydrazine groups is 1. The van der Waals surface area contributed by atoms with E-state index < -0.39 is 11.8 Å². The lowest BCUT2D eigenvalue weighted by Gasteiger charge is -2.14. The second kappa shape index (κ2) is 11.7. The van der Waals surface area contributed by atoms with Gasteiger partial charge in [0.05, 0.1) is 5.56 Å². The van der Waals surface area contributed by atoms with E-state index in [-0.39, 0.29) is 23.8 Å². The number of likely N-dealkylation sites (N-methyl/N-ethyl adjacent to an activating group) is 1. The van der Waals surface area contributed by atoms with Gasteiger partial charge in [0.2, 0.25) is 0 Å². The zero-order valence-electron chi connectivity index (χ0n) is 18.7. The van der Waals surface area contributed by atoms with E-state index in [4.69, 9.17) is 21.1 Å². The first-order valence-electron chi connectivity index (χ1n) is 10.3. The highest BCUT2D eigenvalue weighted by atomic mass is 35.5. The van der Waals surface area contributed by atoms with Gasteiger partial charge in [-0.1, -0.05) is 35.9 Å². The third-order valence-electron chi connectivity index (χ3n) is 4.71. The molecule has 34 heavy (non-hydrogen) atoms. The van der Waals surface area contributed by atoms with E-state index in [1.54, 1.807) is 80.8 Å². The maximum atomic E-state index is 12.5. The van der Waals surface area contributed by atoms with Gasteiger partial charge >= 0.3 is 0 Å². The molecule has 0 saturated carbocycles. The molecule has 0 fully saturated rings. The molecular formula is C25H24ClN3O5. The number of para-hydroxylation sites is 1. The summed E-state index contributed by atoms with van der Waals surface area (Å²) in [5, 5.41) is 0.630. The van der Waals surface area contributed by atoms with Crippen LogP contribution >= 0.6 is 11.6 Å². The van der Waals surface area contributed by atoms with Gasteiger partial charge in [-0.2, -0.15) is 0 Å². The third-order valence-corrected chi connectivity index (χ3v) is 4.96. The maximum absolute atomic E-state index is 12.5. The number of rotatable bonds is 8. The molecule has 176 valence electrons. The van der Waals surface area contributed by atoms with E-state index in [1.807, 2.05) is 0 Å². The van der Waals surface area contributed by atoms with Gasteiger partial charge in [0.25, 0.3) is 17.7 Å². The maximum Gasteiger partial charge on any atom is 0.273 e. The van der Waals surface area contributed by atoms with Crippen molar-refractivity contribution in [2.45, 2.75) is 6.61 Å². The molecule has 0 aliphatic rings. The topological polar surface area (TPSA) is 97.0 Å². The van der Waals surface area contributed by atoms with Crippen LogP contribution in [0, 0.1) is 0 Å². The predicted molar refractivity (Wildman–Crippen MR) is 128 cm³/mol. The standard InChI is InChI=1S/C25H24ClN3O5/c1-29(2)23(30)16-34-22-6-4-3-5-21(22)25(32)28-27-24(31)18-9-7-17(8-10-18)15-33-20-13-11-19(26)12-14-20/h3-14H,15-16H2,1-2H3,(H,27,31)(H,28,32). The summed E-state index contributed by atoms with van der Waals surface area (Å²) in [7, 11) is 3.22. The van der Waals surface area contributed by atoms with Crippen molar-refractivity contribution < 1.29 is 23.9 Å². The fourth-order valence-electron chi connectivity index (χ4n) is 2.75. The van der Waals surface area contributed by atoms with Gasteiger partial charge in [-0.15, -0.1) is 0 Å². The second-order valence-electron chi connectivity index (χ2n) is 7.42. The Labute approximate surface area is 202 Å². The van der Waals surface area contributed by atoms with E-state index in [9.17, 15) is 14.4 Å². The number of amides is 3. The Bertz CT molecular complexity index is 1150. The van der Waals surface area contributed by atoms with Crippen molar-refractivity contribution in [3.8, 4) is 11.5 Å². The molecular weight excluding hydrogens is 458 g/mol. The van der Waals surface area contributed by atoms with Crippen molar-refractivity contribution in [2.24, 2.45) is 0 Å². The minimum absolute atomic E-state index is 0.184. The molecule has 3 aromatic carbocycles. The minimum Gasteiger partial charge on any atom is -0.489 e. The largest absolute Gasteiger partial charge is 0.489 e. The van der Waals surface area contributed by atoms with Crippen molar-refractivity contribution in [3.05, 3.63) is 94.5 Å². The smallest absolute Gasteiger partial charge is 0.273 e. The van der Waals surface area contributed by atoms with Crippen LogP contribution in [0.15, 0.2) is 72.8 Å². The number of ether oxygens (including phenoxy) is 2. The van der Waals surface area contributed by atoms with Crippen LogP contribution in [-0.2, 0) is 11.4 Å². The number of carbonyl (C=O) groups is 3. The van der Waals surface area contributed by atoms with E-state index >= 15 is 0 Å². The molecule has 0 unspecified atom stereocenters. The average Bonchev–Trinajstić information content (AvgIpc) is 2.85. The second-order valence-corrected chi connectivity index (χ2v) is 7.86. The number of nitrogens with zero attached hydrogens (tertiary/aromatic N) is 1. The van der Waals surface area contributed by atoms with Crippen molar-refractivity contribution in [3.63, 3.8) is 0 Å². The van der Waals surface area contributed by atoms with E-state index in [2.05, 4.69) is 10.9 Å². The van der Waals surface area contributed by atoms with Crippen LogP contribution in [0.2, 0.25) is 5.02 Å². The molecule has 9 heteroatoms. The summed E-state index contributed by atoms with van der Waals surface area (Å²) in [6.45, 7) is 0.116. The fourth-order valence-corrected chi connectivity index (χ4v) is 2.88. The molecule has 8 nitrogen and oxygen atoms in total. The van der Waals surface area contributed by atoms with Gasteiger partial charge < -0.3 is 14.4 Å². The number of carbonyl (C=O) groups excluding carboxylic acids is 3. The van der Waals surface area contributed by atoms with Gasteiger partial charge in [-0.05, 0) is 54.1 Å². The highest BCUT2D eigenvalue weighted by Gasteiger charge is 2.15. The van der Waals surface area contributed by atoms with Crippen LogP contribution in [0.3, 0.4) is 0 Å². The molecule has 3 amide bonds. The van der Waals surface area contributed by atoms with Crippen LogP contribution < -0.4 is 20.3 Å². The molecule has 0 aromatic heterocycles. The lowest BCUT2D eigenvalue weighted by Crippen LogP contribution is -2.41. The average molecular weight is 482 g/mol. The molecule has 0 saturated heterocycles. The van der Waals surface area contributed by atoms with Gasteiger partial charge in [0.1, 0.15) is 18.1 Å². The molecule has 0 bridgehead atoms. The van der Waals surface area contributed by atoms with Crippen molar-refractivity contribution in [2.75, 3.05) is 20.7 Å². The van der Waals surface area contributed by atoms with E-state index in [1.165, 1.54) is 11.0 Å². The molecule has 2 N–H and O–H groups in total. The molecule has 0 aliphatic carbocycles. The summed E-state index contributed by atoms with van der Waals surface area (Å²) in [5.41, 5.74) is 6.15. The number of nitrogens with one attached hydrogen (secondary N) is 2. The molecule has 3 rings (SSSR count). The van der Waals surface area contributed by atoms with E-state index in [0.717, 1.165) is 5.56 Å². The Morgan fingerprint density at radius 1 is 0.824 bits per heavy atom. The Balaban J connectivity index is 1.53. The molecule has 0 aliphatic heterocycles. The first kappa shape index (κ1) is 24.6. The summed E-state index contributed by atoms with van der Waals surface area (Å²) in [6.07, 6.45) is 0. The normalized spacial score (nSPS) is 10.2. The van der Waals surface area contributed by atoms with Crippen LogP contribution in [0.1, 0.15) is 26.3 Å². The van der Waals surface area contributed by atoms with Crippen LogP contribution in [0.4, 0.5) is 0 Å². The summed E-state index contributed by atoms with van der Waals surface area (Å²) in [4.78, 5) is 38.1. The predicted octanol–water partition coefficient (Wildman–Crippen LogP) is 3.46.